The molecule has 7 nitrogen and oxygen atoms in total. The molecule has 32 heavy (non-hydrogen) atoms. The molecule has 0 radical (unpaired) electrons. The summed E-state index contributed by atoms with van der Waals surface area (Å²) >= 11 is 1.27. The van der Waals surface area contributed by atoms with Crippen LogP contribution in [0.15, 0.2) is 54.2 Å². The quantitative estimate of drug-likeness (QED) is 0.304. The Kier molecular flexibility index (Phi) is 6.41. The molecule has 0 aliphatic carbocycles. The lowest BCUT2D eigenvalue weighted by Gasteiger charge is -2.28. The molecule has 1 aromatic carbocycles. The van der Waals surface area contributed by atoms with Crippen LogP contribution in [0.5, 0.6) is 11.5 Å². The Morgan fingerprint density at radius 2 is 2.00 bits per heavy atom. The van der Waals surface area contributed by atoms with E-state index in [1.807, 2.05) is 18.5 Å². The number of hydrogen-bond acceptors (Lipinski definition) is 6. The van der Waals surface area contributed by atoms with Crippen LogP contribution >= 0.6 is 11.3 Å². The highest BCUT2D eigenvalue weighted by atomic mass is 32.1. The lowest BCUT2D eigenvalue weighted by Crippen LogP contribution is -2.32. The third kappa shape index (κ3) is 4.05. The largest absolute Gasteiger partial charge is 0.497 e. The van der Waals surface area contributed by atoms with E-state index < -0.39 is 23.7 Å². The van der Waals surface area contributed by atoms with Crippen LogP contribution in [0.4, 0.5) is 0 Å². The van der Waals surface area contributed by atoms with Gasteiger partial charge in [0.1, 0.15) is 17.4 Å². The normalized spacial score (nSPS) is 18.2. The fourth-order valence-electron chi connectivity index (χ4n) is 4.18. The van der Waals surface area contributed by atoms with Gasteiger partial charge in [-0.3, -0.25) is 14.4 Å². The van der Waals surface area contributed by atoms with E-state index in [4.69, 9.17) is 9.47 Å². The van der Waals surface area contributed by atoms with Crippen molar-refractivity contribution in [2.75, 3.05) is 20.8 Å². The van der Waals surface area contributed by atoms with Gasteiger partial charge in [0.2, 0.25) is 5.78 Å². The number of nitrogens with one attached hydrogen (secondary N) is 1. The van der Waals surface area contributed by atoms with Gasteiger partial charge in [-0.1, -0.05) is 6.07 Å². The molecule has 1 aliphatic heterocycles. The van der Waals surface area contributed by atoms with Crippen molar-refractivity contribution in [1.82, 2.24) is 9.88 Å². The molecule has 3 aromatic rings. The molecular formula is C24H24N2O5S. The van der Waals surface area contributed by atoms with Crippen LogP contribution in [-0.4, -0.2) is 48.1 Å². The van der Waals surface area contributed by atoms with Gasteiger partial charge < -0.3 is 19.4 Å². The Morgan fingerprint density at radius 1 is 1.16 bits per heavy atom. The van der Waals surface area contributed by atoms with Gasteiger partial charge in [0.25, 0.3) is 5.91 Å². The van der Waals surface area contributed by atoms with Crippen LogP contribution in [0, 0.1) is 5.92 Å². The Bertz CT molecular complexity index is 1110. The van der Waals surface area contributed by atoms with Crippen molar-refractivity contribution in [3.8, 4) is 11.5 Å². The second-order valence-electron chi connectivity index (χ2n) is 7.56. The highest BCUT2D eigenvalue weighted by molar-refractivity contribution is 7.12. The molecule has 2 aromatic heterocycles. The number of carbonyl (C=O) groups excluding carboxylic acids is 3. The van der Waals surface area contributed by atoms with E-state index in [9.17, 15) is 14.4 Å². The van der Waals surface area contributed by atoms with Crippen LogP contribution in [-0.2, 0) is 16.0 Å². The molecule has 1 N–H and O–H groups in total. The van der Waals surface area contributed by atoms with Crippen molar-refractivity contribution in [2.24, 2.45) is 5.92 Å². The fraction of sp³-hybridized carbons (Fsp3) is 0.292. The third-order valence-electron chi connectivity index (χ3n) is 5.74. The van der Waals surface area contributed by atoms with Crippen molar-refractivity contribution >= 4 is 28.8 Å². The van der Waals surface area contributed by atoms with E-state index in [0.717, 1.165) is 12.0 Å². The number of aromatic nitrogens is 1. The summed E-state index contributed by atoms with van der Waals surface area (Å²) in [5, 5.41) is 1.78. The molecule has 4 rings (SSSR count). The van der Waals surface area contributed by atoms with E-state index >= 15 is 0 Å². The molecule has 0 saturated carbocycles. The molecule has 2 atom stereocenters. The smallest absolute Gasteiger partial charge is 0.291 e. The van der Waals surface area contributed by atoms with Crippen LogP contribution in [0.3, 0.4) is 0 Å². The fourth-order valence-corrected chi connectivity index (χ4v) is 4.88. The Labute approximate surface area is 190 Å². The number of ether oxygens (including phenoxy) is 2. The minimum atomic E-state index is -1.12. The summed E-state index contributed by atoms with van der Waals surface area (Å²) in [7, 11) is 3.07. The first-order valence-electron chi connectivity index (χ1n) is 10.3. The van der Waals surface area contributed by atoms with Gasteiger partial charge in [-0.2, -0.15) is 0 Å². The summed E-state index contributed by atoms with van der Waals surface area (Å²) in [6, 6.07) is 9.89. The molecule has 0 bridgehead atoms. The number of amides is 1. The number of methoxy groups -OCH3 is 2. The number of thiophene rings is 1. The van der Waals surface area contributed by atoms with E-state index in [1.54, 1.807) is 42.8 Å². The van der Waals surface area contributed by atoms with Crippen LogP contribution in [0.25, 0.3) is 0 Å². The van der Waals surface area contributed by atoms with Crippen molar-refractivity contribution < 1.29 is 23.9 Å². The third-order valence-corrected chi connectivity index (χ3v) is 6.62. The lowest BCUT2D eigenvalue weighted by atomic mass is 9.88. The number of carbonyl (C=O) groups is 3. The highest BCUT2D eigenvalue weighted by Crippen LogP contribution is 2.43. The molecule has 0 spiro atoms. The first-order chi connectivity index (χ1) is 15.5. The lowest BCUT2D eigenvalue weighted by molar-refractivity contribution is -0.140. The molecular weight excluding hydrogens is 428 g/mol. The maximum absolute atomic E-state index is 13.3. The van der Waals surface area contributed by atoms with Crippen LogP contribution in [0.2, 0.25) is 0 Å². The molecule has 166 valence electrons. The van der Waals surface area contributed by atoms with Gasteiger partial charge in [-0.15, -0.1) is 11.3 Å². The first kappa shape index (κ1) is 21.8. The Morgan fingerprint density at radius 3 is 2.66 bits per heavy atom. The van der Waals surface area contributed by atoms with Gasteiger partial charge in [-0.05, 0) is 48.1 Å². The molecule has 8 heteroatoms. The standard InChI is InChI=1S/C24H24N2O5S/c1-30-16-7-8-17(18(13-16)31-2)21-20(22(27)19-6-4-12-32-19)23(28)24(29)26(21)11-3-5-15-9-10-25-14-15/h4,6-10,12-14,20-21,25H,3,5,11H2,1-2H3. The SMILES string of the molecule is COc1ccc(C2C(C(=O)c3cccs3)C(=O)C(=O)N2CCCc2cc[nH]c2)c(OC)c1. The Balaban J connectivity index is 1.71. The monoisotopic (exact) mass is 452 g/mol. The van der Waals surface area contributed by atoms with E-state index in [0.29, 0.717) is 34.9 Å². The number of nitrogens with zero attached hydrogens (tertiary/aromatic N) is 1. The van der Waals surface area contributed by atoms with E-state index in [-0.39, 0.29) is 5.78 Å². The number of likely N-dealkylation sites (tertiary alicyclic amines) is 1. The number of hydrogen-bond donors (Lipinski definition) is 1. The number of benzene rings is 1. The van der Waals surface area contributed by atoms with Crippen molar-refractivity contribution in [3.63, 3.8) is 0 Å². The van der Waals surface area contributed by atoms with Crippen LogP contribution in [0.1, 0.15) is 33.3 Å². The predicted octanol–water partition coefficient (Wildman–Crippen LogP) is 3.68. The molecule has 1 amide bonds. The van der Waals surface area contributed by atoms with Gasteiger partial charge in [0.15, 0.2) is 5.78 Å². The molecule has 1 aliphatic rings. The van der Waals surface area contributed by atoms with Crippen LogP contribution < -0.4 is 9.47 Å². The summed E-state index contributed by atoms with van der Waals surface area (Å²) in [5.41, 5.74) is 1.73. The summed E-state index contributed by atoms with van der Waals surface area (Å²) in [4.78, 5) is 44.4. The Hall–Kier alpha value is -3.39. The highest BCUT2D eigenvalue weighted by Gasteiger charge is 2.52. The van der Waals surface area contributed by atoms with Crippen molar-refractivity contribution in [2.45, 2.75) is 18.9 Å². The zero-order valence-electron chi connectivity index (χ0n) is 17.9. The van der Waals surface area contributed by atoms with E-state index in [1.165, 1.54) is 23.3 Å². The number of ketones is 2. The second-order valence-corrected chi connectivity index (χ2v) is 8.51. The summed E-state index contributed by atoms with van der Waals surface area (Å²) in [5.74, 6) is -1.70. The molecule has 2 unspecified atom stereocenters. The average molecular weight is 453 g/mol. The zero-order chi connectivity index (χ0) is 22.7. The first-order valence-corrected chi connectivity index (χ1v) is 11.2. The zero-order valence-corrected chi connectivity index (χ0v) is 18.7. The maximum Gasteiger partial charge on any atom is 0.291 e. The number of aryl methyl sites for hydroxylation is 1. The van der Waals surface area contributed by atoms with E-state index in [2.05, 4.69) is 4.98 Å². The van der Waals surface area contributed by atoms with Gasteiger partial charge in [0, 0.05) is 30.6 Å². The average Bonchev–Trinajstić information content (AvgIpc) is 3.57. The maximum atomic E-state index is 13.3. The summed E-state index contributed by atoms with van der Waals surface area (Å²) in [6.07, 6.45) is 5.16. The number of aromatic amines is 1. The number of rotatable bonds is 9. The van der Waals surface area contributed by atoms with Gasteiger partial charge in [0.05, 0.1) is 25.1 Å². The van der Waals surface area contributed by atoms with Crippen molar-refractivity contribution in [3.05, 3.63) is 70.2 Å². The van der Waals surface area contributed by atoms with Gasteiger partial charge in [-0.25, -0.2) is 0 Å². The summed E-state index contributed by atoms with van der Waals surface area (Å²) in [6.45, 7) is 0.351. The molecule has 1 saturated heterocycles. The minimum Gasteiger partial charge on any atom is -0.497 e. The predicted molar refractivity (Wildman–Crippen MR) is 120 cm³/mol. The number of H-pyrrole nitrogens is 1. The summed E-state index contributed by atoms with van der Waals surface area (Å²) < 4.78 is 10.8. The van der Waals surface area contributed by atoms with Crippen molar-refractivity contribution in [1.29, 1.82) is 0 Å². The number of Topliss-reactive ketones (excluding diaryl/α,β-unsaturated/α-hetero) is 2. The molecule has 1 fully saturated rings. The second kappa shape index (κ2) is 9.40. The minimum absolute atomic E-state index is 0.339. The van der Waals surface area contributed by atoms with Gasteiger partial charge >= 0.3 is 0 Å². The molecule has 3 heterocycles. The topological polar surface area (TPSA) is 88.7 Å².